The van der Waals surface area contributed by atoms with Crippen LogP contribution in [0.1, 0.15) is 34.1 Å². The molecule has 0 spiro atoms. The summed E-state index contributed by atoms with van der Waals surface area (Å²) < 4.78 is 6.99. The molecule has 2 aromatic carbocycles. The molecule has 0 atom stereocenters. The maximum atomic E-state index is 13.0. The van der Waals surface area contributed by atoms with Crippen LogP contribution in [0.4, 0.5) is 0 Å². The number of amides is 2. The van der Waals surface area contributed by atoms with Crippen molar-refractivity contribution in [1.29, 1.82) is 0 Å². The number of aromatic nitrogens is 2. The minimum Gasteiger partial charge on any atom is -0.382 e. The van der Waals surface area contributed by atoms with E-state index in [0.29, 0.717) is 53.4 Å². The number of fused-ring (bicyclic) bond motifs is 2. The van der Waals surface area contributed by atoms with Gasteiger partial charge >= 0.3 is 0 Å². The van der Waals surface area contributed by atoms with Gasteiger partial charge in [0.05, 0.1) is 27.9 Å². The van der Waals surface area contributed by atoms with Crippen LogP contribution in [0.15, 0.2) is 58.5 Å². The molecule has 8 heteroatoms. The lowest BCUT2D eigenvalue weighted by Gasteiger charge is -2.16. The highest BCUT2D eigenvalue weighted by Gasteiger charge is 2.35. The number of hydrogen-bond donors (Lipinski definition) is 0. The highest BCUT2D eigenvalue weighted by atomic mass is 32.2. The molecular formula is C22H21N3O4S. The third-order valence-electron chi connectivity index (χ3n) is 4.90. The SMILES string of the molecule is CCOCCCn1c(SCN2C(=O)c3ccccc3C2=O)nc2ccccc2c1=O. The highest BCUT2D eigenvalue weighted by molar-refractivity contribution is 7.99. The quantitative estimate of drug-likeness (QED) is 0.240. The molecule has 1 aromatic heterocycles. The Kier molecular flexibility index (Phi) is 5.96. The Morgan fingerprint density at radius 1 is 0.967 bits per heavy atom. The van der Waals surface area contributed by atoms with Gasteiger partial charge in [-0.15, -0.1) is 0 Å². The largest absolute Gasteiger partial charge is 0.382 e. The zero-order valence-corrected chi connectivity index (χ0v) is 17.4. The van der Waals surface area contributed by atoms with Crippen molar-refractivity contribution in [3.05, 3.63) is 70.0 Å². The molecule has 0 radical (unpaired) electrons. The average molecular weight is 423 g/mol. The van der Waals surface area contributed by atoms with Crippen LogP contribution in [0.2, 0.25) is 0 Å². The fourth-order valence-corrected chi connectivity index (χ4v) is 4.37. The Hall–Kier alpha value is -2.97. The van der Waals surface area contributed by atoms with Crippen LogP contribution in [0.5, 0.6) is 0 Å². The molecular weight excluding hydrogens is 402 g/mol. The molecule has 4 rings (SSSR count). The van der Waals surface area contributed by atoms with Crippen LogP contribution in [0.3, 0.4) is 0 Å². The number of hydrogen-bond acceptors (Lipinski definition) is 6. The molecule has 0 bridgehead atoms. The van der Waals surface area contributed by atoms with Gasteiger partial charge < -0.3 is 4.74 Å². The molecule has 0 saturated heterocycles. The van der Waals surface area contributed by atoms with E-state index in [-0.39, 0.29) is 23.3 Å². The number of ether oxygens (including phenoxy) is 1. The van der Waals surface area contributed by atoms with Gasteiger partial charge in [-0.3, -0.25) is 23.9 Å². The van der Waals surface area contributed by atoms with Crippen LogP contribution in [0.25, 0.3) is 10.9 Å². The lowest BCUT2D eigenvalue weighted by Crippen LogP contribution is -2.30. The van der Waals surface area contributed by atoms with Crippen LogP contribution in [0, 0.1) is 0 Å². The Morgan fingerprint density at radius 3 is 2.33 bits per heavy atom. The number of thioether (sulfide) groups is 1. The van der Waals surface area contributed by atoms with Gasteiger partial charge in [-0.25, -0.2) is 4.98 Å². The summed E-state index contributed by atoms with van der Waals surface area (Å²) in [6.45, 7) is 3.53. The predicted octanol–water partition coefficient (Wildman–Crippen LogP) is 3.17. The first-order chi connectivity index (χ1) is 14.6. The van der Waals surface area contributed by atoms with Crippen molar-refractivity contribution in [2.75, 3.05) is 19.1 Å². The monoisotopic (exact) mass is 423 g/mol. The number of nitrogens with zero attached hydrogens (tertiary/aromatic N) is 3. The minimum atomic E-state index is -0.325. The average Bonchev–Trinajstić information content (AvgIpc) is 3.01. The van der Waals surface area contributed by atoms with Crippen LogP contribution in [-0.4, -0.2) is 45.4 Å². The molecule has 0 N–H and O–H groups in total. The molecule has 3 aromatic rings. The molecule has 154 valence electrons. The van der Waals surface area contributed by atoms with E-state index in [1.807, 2.05) is 19.1 Å². The molecule has 0 saturated carbocycles. The number of benzene rings is 2. The standard InChI is InChI=1S/C22H21N3O4S/c1-2-29-13-7-12-24-21(28)17-10-5-6-11-18(17)23-22(24)30-14-25-19(26)15-8-3-4-9-16(15)20(25)27/h3-6,8-11H,2,7,12-14H2,1H3. The first kappa shape index (κ1) is 20.3. The Balaban J connectivity index is 1.61. The maximum absolute atomic E-state index is 13.0. The van der Waals surface area contributed by atoms with Gasteiger partial charge in [-0.2, -0.15) is 0 Å². The van der Waals surface area contributed by atoms with Gasteiger partial charge in [-0.1, -0.05) is 36.0 Å². The first-order valence-corrected chi connectivity index (χ1v) is 10.8. The van der Waals surface area contributed by atoms with Crippen LogP contribution >= 0.6 is 11.8 Å². The van der Waals surface area contributed by atoms with E-state index in [2.05, 4.69) is 4.98 Å². The summed E-state index contributed by atoms with van der Waals surface area (Å²) in [4.78, 5) is 44.1. The Morgan fingerprint density at radius 2 is 1.63 bits per heavy atom. The third-order valence-corrected chi connectivity index (χ3v) is 5.86. The molecule has 0 unspecified atom stereocenters. The summed E-state index contributed by atoms with van der Waals surface area (Å²) in [5.74, 6) is -0.564. The van der Waals surface area contributed by atoms with Crippen LogP contribution < -0.4 is 5.56 Å². The Labute approximate surface area is 177 Å². The van der Waals surface area contributed by atoms with E-state index in [1.54, 1.807) is 41.0 Å². The summed E-state index contributed by atoms with van der Waals surface area (Å²) in [6.07, 6.45) is 0.661. The molecule has 1 aliphatic heterocycles. The zero-order chi connectivity index (χ0) is 21.1. The molecule has 0 aliphatic carbocycles. The second-order valence-corrected chi connectivity index (χ2v) is 7.69. The lowest BCUT2D eigenvalue weighted by atomic mass is 10.1. The van der Waals surface area contributed by atoms with E-state index in [0.717, 1.165) is 0 Å². The van der Waals surface area contributed by atoms with Crippen molar-refractivity contribution in [2.24, 2.45) is 0 Å². The van der Waals surface area contributed by atoms with Crippen LogP contribution in [-0.2, 0) is 11.3 Å². The van der Waals surface area contributed by atoms with Gasteiger partial charge in [0.25, 0.3) is 17.4 Å². The van der Waals surface area contributed by atoms with E-state index >= 15 is 0 Å². The van der Waals surface area contributed by atoms with E-state index in [1.165, 1.54) is 16.7 Å². The van der Waals surface area contributed by atoms with Crippen molar-refractivity contribution in [2.45, 2.75) is 25.0 Å². The Bertz CT molecular complexity index is 1140. The number of carbonyl (C=O) groups excluding carboxylic acids is 2. The molecule has 7 nitrogen and oxygen atoms in total. The third kappa shape index (κ3) is 3.76. The fourth-order valence-electron chi connectivity index (χ4n) is 3.40. The second-order valence-electron chi connectivity index (χ2n) is 6.78. The summed E-state index contributed by atoms with van der Waals surface area (Å²) >= 11 is 1.21. The summed E-state index contributed by atoms with van der Waals surface area (Å²) in [5, 5.41) is 1.02. The van der Waals surface area contributed by atoms with E-state index in [9.17, 15) is 14.4 Å². The van der Waals surface area contributed by atoms with Crippen molar-refractivity contribution in [3.63, 3.8) is 0 Å². The fraction of sp³-hybridized carbons (Fsp3) is 0.273. The van der Waals surface area contributed by atoms with Gasteiger partial charge in [-0.05, 0) is 37.6 Å². The van der Waals surface area contributed by atoms with Crippen molar-refractivity contribution >= 4 is 34.5 Å². The first-order valence-electron chi connectivity index (χ1n) is 9.77. The summed E-state index contributed by atoms with van der Waals surface area (Å²) in [5.41, 5.74) is 1.27. The summed E-state index contributed by atoms with van der Waals surface area (Å²) in [7, 11) is 0. The normalized spacial score (nSPS) is 13.3. The maximum Gasteiger partial charge on any atom is 0.262 e. The highest BCUT2D eigenvalue weighted by Crippen LogP contribution is 2.26. The smallest absolute Gasteiger partial charge is 0.262 e. The van der Waals surface area contributed by atoms with Gasteiger partial charge in [0.15, 0.2) is 5.16 Å². The number of imide groups is 1. The molecule has 2 amide bonds. The van der Waals surface area contributed by atoms with Crippen molar-refractivity contribution in [3.8, 4) is 0 Å². The minimum absolute atomic E-state index is 0.0859. The number of rotatable bonds is 8. The van der Waals surface area contributed by atoms with Crippen molar-refractivity contribution < 1.29 is 14.3 Å². The molecule has 30 heavy (non-hydrogen) atoms. The lowest BCUT2D eigenvalue weighted by molar-refractivity contribution is 0.0684. The second kappa shape index (κ2) is 8.81. The van der Waals surface area contributed by atoms with Gasteiger partial charge in [0.2, 0.25) is 0 Å². The molecule has 0 fully saturated rings. The predicted molar refractivity (Wildman–Crippen MR) is 115 cm³/mol. The van der Waals surface area contributed by atoms with E-state index in [4.69, 9.17) is 4.74 Å². The topological polar surface area (TPSA) is 81.5 Å². The van der Waals surface area contributed by atoms with Crippen molar-refractivity contribution in [1.82, 2.24) is 14.5 Å². The molecule has 2 heterocycles. The van der Waals surface area contributed by atoms with E-state index < -0.39 is 0 Å². The zero-order valence-electron chi connectivity index (χ0n) is 16.5. The number of carbonyl (C=O) groups is 2. The number of para-hydroxylation sites is 1. The summed E-state index contributed by atoms with van der Waals surface area (Å²) in [6, 6.07) is 13.9. The van der Waals surface area contributed by atoms with Gasteiger partial charge in [0.1, 0.15) is 0 Å². The van der Waals surface area contributed by atoms with Gasteiger partial charge in [0, 0.05) is 19.8 Å². The molecule has 1 aliphatic rings.